The summed E-state index contributed by atoms with van der Waals surface area (Å²) >= 11 is 0. The Bertz CT molecular complexity index is 170. The number of hydrogen-bond donors (Lipinski definition) is 0. The van der Waals surface area contributed by atoms with Gasteiger partial charge in [0.05, 0.1) is 0 Å². The Hall–Kier alpha value is -0.690. The highest BCUT2D eigenvalue weighted by atomic mass is 35.5. The molecule has 10 heavy (non-hydrogen) atoms. The maximum atomic E-state index is 10.7. The van der Waals surface area contributed by atoms with Crippen LogP contribution in [0.25, 0.3) is 0 Å². The van der Waals surface area contributed by atoms with Gasteiger partial charge in [0.1, 0.15) is 0 Å². The highest BCUT2D eigenvalue weighted by molar-refractivity contribution is 5.30. The van der Waals surface area contributed by atoms with E-state index >= 15 is 0 Å². The summed E-state index contributed by atoms with van der Waals surface area (Å²) in [5, 5.41) is 10.7. The van der Waals surface area contributed by atoms with Crippen molar-refractivity contribution in [3.63, 3.8) is 0 Å². The maximum absolute atomic E-state index is 10.7. The van der Waals surface area contributed by atoms with Gasteiger partial charge in [0, 0.05) is 0 Å². The van der Waals surface area contributed by atoms with Crippen LogP contribution < -0.4 is 17.5 Å². The van der Waals surface area contributed by atoms with Crippen LogP contribution in [-0.2, 0) is 0 Å². The first-order valence-corrected chi connectivity index (χ1v) is 2.94. The molecule has 0 aromatic heterocycles. The molecule has 0 radical (unpaired) electrons. The van der Waals surface area contributed by atoms with Crippen LogP contribution in [0.5, 0.6) is 5.75 Å². The zero-order chi connectivity index (χ0) is 6.85. The summed E-state index contributed by atoms with van der Waals surface area (Å²) in [7, 11) is 0. The lowest BCUT2D eigenvalue weighted by atomic mass is 10.1. The minimum Gasteiger partial charge on any atom is -1.00 e. The van der Waals surface area contributed by atoms with Crippen LogP contribution in [0.15, 0.2) is 18.2 Å². The van der Waals surface area contributed by atoms with Gasteiger partial charge in [-0.3, -0.25) is 0 Å². The first-order valence-electron chi connectivity index (χ1n) is 2.94. The topological polar surface area (TPSA) is 23.1 Å². The number of hydrogen-bond acceptors (Lipinski definition) is 1. The second-order valence-electron chi connectivity index (χ2n) is 2.32. The van der Waals surface area contributed by atoms with E-state index in [4.69, 9.17) is 0 Å². The zero-order valence-corrected chi connectivity index (χ0v) is 6.77. The summed E-state index contributed by atoms with van der Waals surface area (Å²) in [6, 6.07) is 5.25. The van der Waals surface area contributed by atoms with Gasteiger partial charge in [-0.2, -0.15) is 0 Å². The number of rotatable bonds is 0. The normalized spacial score (nSPS) is 8.60. The summed E-state index contributed by atoms with van der Waals surface area (Å²) in [4.78, 5) is 0. The van der Waals surface area contributed by atoms with Crippen molar-refractivity contribution in [2.45, 2.75) is 13.8 Å². The van der Waals surface area contributed by atoms with Crippen LogP contribution in [-0.4, -0.2) is 0 Å². The van der Waals surface area contributed by atoms with E-state index in [2.05, 4.69) is 0 Å². The van der Waals surface area contributed by atoms with Crippen LogP contribution in [0, 0.1) is 13.8 Å². The number of aryl methyl sites for hydroxylation is 2. The molecule has 0 saturated heterocycles. The average molecular weight is 157 g/mol. The summed E-state index contributed by atoms with van der Waals surface area (Å²) in [6.07, 6.45) is 0. The van der Waals surface area contributed by atoms with E-state index in [1.807, 2.05) is 19.9 Å². The van der Waals surface area contributed by atoms with Crippen molar-refractivity contribution in [2.24, 2.45) is 0 Å². The van der Waals surface area contributed by atoms with Crippen LogP contribution >= 0.6 is 0 Å². The first-order chi connectivity index (χ1) is 4.18. The largest absolute Gasteiger partial charge is 1.00 e. The van der Waals surface area contributed by atoms with E-state index in [9.17, 15) is 5.11 Å². The molecular formula is C8H9ClO-2. The lowest BCUT2D eigenvalue weighted by molar-refractivity contribution is -0.268. The van der Waals surface area contributed by atoms with Crippen molar-refractivity contribution < 1.29 is 17.5 Å². The molecule has 0 aliphatic rings. The van der Waals surface area contributed by atoms with Gasteiger partial charge in [-0.1, -0.05) is 29.3 Å². The van der Waals surface area contributed by atoms with Crippen molar-refractivity contribution >= 4 is 0 Å². The second kappa shape index (κ2) is 3.47. The molecule has 0 N–H and O–H groups in total. The van der Waals surface area contributed by atoms with Crippen molar-refractivity contribution in [3.05, 3.63) is 29.3 Å². The molecule has 0 saturated carbocycles. The minimum absolute atomic E-state index is 0. The SMILES string of the molecule is Cc1cc(C)cc([O-])c1.[Cl-]. The fraction of sp³-hybridized carbons (Fsp3) is 0.250. The molecule has 56 valence electrons. The van der Waals surface area contributed by atoms with Crippen LogP contribution in [0.3, 0.4) is 0 Å². The van der Waals surface area contributed by atoms with Crippen LogP contribution in [0.2, 0.25) is 0 Å². The van der Waals surface area contributed by atoms with Gasteiger partial charge in [-0.25, -0.2) is 0 Å². The highest BCUT2D eigenvalue weighted by Crippen LogP contribution is 2.10. The lowest BCUT2D eigenvalue weighted by Crippen LogP contribution is -3.00. The predicted octanol–water partition coefficient (Wildman–Crippen LogP) is -1.62. The molecule has 0 spiro atoms. The molecule has 0 aliphatic heterocycles. The zero-order valence-electron chi connectivity index (χ0n) is 6.02. The van der Waals surface area contributed by atoms with Crippen molar-refractivity contribution in [1.82, 2.24) is 0 Å². The summed E-state index contributed by atoms with van der Waals surface area (Å²) in [5.41, 5.74) is 2.08. The minimum atomic E-state index is 0. The van der Waals surface area contributed by atoms with E-state index in [1.54, 1.807) is 12.1 Å². The molecule has 0 bridgehead atoms. The summed E-state index contributed by atoms with van der Waals surface area (Å²) in [5.74, 6) is 0.104. The molecule has 0 aliphatic carbocycles. The Labute approximate surface area is 67.1 Å². The second-order valence-corrected chi connectivity index (χ2v) is 2.32. The van der Waals surface area contributed by atoms with E-state index in [1.165, 1.54) is 0 Å². The summed E-state index contributed by atoms with van der Waals surface area (Å²) in [6.45, 7) is 3.85. The van der Waals surface area contributed by atoms with Crippen LogP contribution in [0.1, 0.15) is 11.1 Å². The molecule has 0 unspecified atom stereocenters. The van der Waals surface area contributed by atoms with E-state index in [0.29, 0.717) is 0 Å². The van der Waals surface area contributed by atoms with E-state index in [0.717, 1.165) is 11.1 Å². The monoisotopic (exact) mass is 156 g/mol. The molecule has 1 aromatic rings. The summed E-state index contributed by atoms with van der Waals surface area (Å²) < 4.78 is 0. The fourth-order valence-corrected chi connectivity index (χ4v) is 0.933. The molecule has 0 amide bonds. The third-order valence-electron chi connectivity index (χ3n) is 1.20. The van der Waals surface area contributed by atoms with Crippen molar-refractivity contribution in [2.75, 3.05) is 0 Å². The van der Waals surface area contributed by atoms with Gasteiger partial charge in [0.2, 0.25) is 0 Å². The number of benzene rings is 1. The molecule has 1 nitrogen and oxygen atoms in total. The molecule has 1 rings (SSSR count). The van der Waals surface area contributed by atoms with Gasteiger partial charge in [0.25, 0.3) is 0 Å². The maximum Gasteiger partial charge on any atom is -0.0398 e. The number of halogens is 1. The molecular weight excluding hydrogens is 148 g/mol. The third-order valence-corrected chi connectivity index (χ3v) is 1.20. The van der Waals surface area contributed by atoms with Crippen molar-refractivity contribution in [1.29, 1.82) is 0 Å². The van der Waals surface area contributed by atoms with E-state index < -0.39 is 0 Å². The van der Waals surface area contributed by atoms with Gasteiger partial charge >= 0.3 is 0 Å². The fourth-order valence-electron chi connectivity index (χ4n) is 0.933. The Kier molecular flexibility index (Phi) is 3.23. The Morgan fingerprint density at radius 2 is 1.40 bits per heavy atom. The Morgan fingerprint density at radius 1 is 1.00 bits per heavy atom. The highest BCUT2D eigenvalue weighted by Gasteiger charge is 1.83. The van der Waals surface area contributed by atoms with Gasteiger partial charge in [-0.05, 0) is 13.8 Å². The standard InChI is InChI=1S/C8H10O.ClH/c1-6-3-7(2)5-8(9)4-6;/h3-5,9H,1-2H3;1H/p-2. The van der Waals surface area contributed by atoms with Gasteiger partial charge in [-0.15, -0.1) is 5.75 Å². The molecule has 0 heterocycles. The molecule has 1 aromatic carbocycles. The van der Waals surface area contributed by atoms with Gasteiger partial charge in [0.15, 0.2) is 0 Å². The van der Waals surface area contributed by atoms with Crippen molar-refractivity contribution in [3.8, 4) is 5.75 Å². The van der Waals surface area contributed by atoms with Crippen LogP contribution in [0.4, 0.5) is 0 Å². The average Bonchev–Trinajstić information content (AvgIpc) is 1.59. The smallest absolute Gasteiger partial charge is 0.0398 e. The first kappa shape index (κ1) is 9.31. The Balaban J connectivity index is 0.000000810. The molecule has 0 fully saturated rings. The van der Waals surface area contributed by atoms with E-state index in [-0.39, 0.29) is 18.2 Å². The molecule has 0 atom stereocenters. The quantitative estimate of drug-likeness (QED) is 0.443. The molecule has 2 heteroatoms. The third kappa shape index (κ3) is 2.28. The predicted molar refractivity (Wildman–Crippen MR) is 35.4 cm³/mol. The van der Waals surface area contributed by atoms with Gasteiger partial charge < -0.3 is 17.5 Å². The Morgan fingerprint density at radius 3 is 1.70 bits per heavy atom. The lowest BCUT2D eigenvalue weighted by Gasteiger charge is -2.06.